The zero-order valence-corrected chi connectivity index (χ0v) is 17.7. The van der Waals surface area contributed by atoms with E-state index in [0.29, 0.717) is 25.1 Å². The van der Waals surface area contributed by atoms with Gasteiger partial charge in [-0.15, -0.1) is 0 Å². The van der Waals surface area contributed by atoms with Crippen molar-refractivity contribution in [2.24, 2.45) is 16.5 Å². The predicted molar refractivity (Wildman–Crippen MR) is 126 cm³/mol. The van der Waals surface area contributed by atoms with E-state index >= 15 is 0 Å². The second-order valence-corrected chi connectivity index (χ2v) is 7.26. The van der Waals surface area contributed by atoms with Gasteiger partial charge in [0, 0.05) is 12.2 Å². The average molecular weight is 434 g/mol. The number of carbonyl (C=O) groups excluding carboxylic acids is 2. The topological polar surface area (TPSA) is 132 Å². The number of benzene rings is 3. The molecule has 0 radical (unpaired) electrons. The van der Waals surface area contributed by atoms with Crippen molar-refractivity contribution in [3.63, 3.8) is 0 Å². The van der Waals surface area contributed by atoms with Crippen molar-refractivity contribution in [3.8, 4) is 0 Å². The molecule has 0 heterocycles. The van der Waals surface area contributed by atoms with E-state index in [1.807, 2.05) is 72.8 Å². The fourth-order valence-corrected chi connectivity index (χ4v) is 3.18. The SMILES string of the molecule is NC(N)=NCCC[C@H](NC(=O)OCc1ccccc1)C(=O)Nc1ccc2ccccc2c1. The minimum absolute atomic E-state index is 0.0163. The number of anilines is 1. The van der Waals surface area contributed by atoms with Gasteiger partial charge >= 0.3 is 6.09 Å². The zero-order chi connectivity index (χ0) is 22.8. The Labute approximate surface area is 186 Å². The summed E-state index contributed by atoms with van der Waals surface area (Å²) < 4.78 is 5.26. The number of ether oxygens (including phenoxy) is 1. The van der Waals surface area contributed by atoms with E-state index in [2.05, 4.69) is 15.6 Å². The van der Waals surface area contributed by atoms with Crippen LogP contribution in [0.15, 0.2) is 77.8 Å². The molecule has 6 N–H and O–H groups in total. The number of rotatable bonds is 9. The van der Waals surface area contributed by atoms with Crippen LogP contribution in [0.25, 0.3) is 10.8 Å². The summed E-state index contributed by atoms with van der Waals surface area (Å²) in [6, 6.07) is 22.0. The predicted octanol–water partition coefficient (Wildman–Crippen LogP) is 3.13. The Hall–Kier alpha value is -4.07. The lowest BCUT2D eigenvalue weighted by Crippen LogP contribution is -2.44. The van der Waals surface area contributed by atoms with Gasteiger partial charge in [0.15, 0.2) is 5.96 Å². The quantitative estimate of drug-likeness (QED) is 0.234. The summed E-state index contributed by atoms with van der Waals surface area (Å²) in [5.74, 6) is -0.362. The Balaban J connectivity index is 1.63. The molecule has 3 aromatic carbocycles. The van der Waals surface area contributed by atoms with Gasteiger partial charge in [0.1, 0.15) is 12.6 Å². The highest BCUT2D eigenvalue weighted by molar-refractivity contribution is 5.98. The number of carbonyl (C=O) groups is 2. The maximum atomic E-state index is 12.9. The van der Waals surface area contributed by atoms with E-state index in [1.54, 1.807) is 0 Å². The fraction of sp³-hybridized carbons (Fsp3) is 0.208. The van der Waals surface area contributed by atoms with Crippen LogP contribution in [0, 0.1) is 0 Å². The number of amides is 2. The van der Waals surface area contributed by atoms with Crippen LogP contribution in [0.4, 0.5) is 10.5 Å². The second-order valence-electron chi connectivity index (χ2n) is 7.26. The van der Waals surface area contributed by atoms with E-state index in [-0.39, 0.29) is 18.5 Å². The molecule has 32 heavy (non-hydrogen) atoms. The Morgan fingerprint density at radius 1 is 0.938 bits per heavy atom. The third-order valence-corrected chi connectivity index (χ3v) is 4.78. The first kappa shape index (κ1) is 22.6. The molecule has 0 unspecified atom stereocenters. The van der Waals surface area contributed by atoms with E-state index in [0.717, 1.165) is 16.3 Å². The molecular formula is C24H27N5O3. The molecule has 0 saturated carbocycles. The Morgan fingerprint density at radius 3 is 2.41 bits per heavy atom. The van der Waals surface area contributed by atoms with E-state index in [9.17, 15) is 9.59 Å². The van der Waals surface area contributed by atoms with Gasteiger partial charge in [0.05, 0.1) is 0 Å². The summed E-state index contributed by atoms with van der Waals surface area (Å²) in [5.41, 5.74) is 12.2. The number of nitrogens with zero attached hydrogens (tertiary/aromatic N) is 1. The van der Waals surface area contributed by atoms with Crippen LogP contribution in [-0.4, -0.2) is 30.5 Å². The van der Waals surface area contributed by atoms with Crippen molar-refractivity contribution in [2.45, 2.75) is 25.5 Å². The summed E-state index contributed by atoms with van der Waals surface area (Å²) in [6.45, 7) is 0.461. The van der Waals surface area contributed by atoms with Crippen LogP contribution in [0.5, 0.6) is 0 Å². The van der Waals surface area contributed by atoms with Crippen molar-refractivity contribution in [1.29, 1.82) is 0 Å². The van der Waals surface area contributed by atoms with Gasteiger partial charge in [0.25, 0.3) is 0 Å². The van der Waals surface area contributed by atoms with E-state index in [1.165, 1.54) is 0 Å². The van der Waals surface area contributed by atoms with Crippen molar-refractivity contribution >= 4 is 34.4 Å². The molecule has 8 nitrogen and oxygen atoms in total. The summed E-state index contributed by atoms with van der Waals surface area (Å²) in [6.07, 6.45) is 0.179. The van der Waals surface area contributed by atoms with Crippen LogP contribution in [0.1, 0.15) is 18.4 Å². The minimum atomic E-state index is -0.807. The van der Waals surface area contributed by atoms with Crippen molar-refractivity contribution in [2.75, 3.05) is 11.9 Å². The molecule has 0 spiro atoms. The van der Waals surface area contributed by atoms with E-state index < -0.39 is 12.1 Å². The number of nitrogens with one attached hydrogen (secondary N) is 2. The maximum Gasteiger partial charge on any atom is 0.408 e. The molecule has 0 fully saturated rings. The van der Waals surface area contributed by atoms with Crippen LogP contribution in [0.2, 0.25) is 0 Å². The van der Waals surface area contributed by atoms with Gasteiger partial charge in [-0.1, -0.05) is 60.7 Å². The standard InChI is InChI=1S/C24H27N5O3/c25-23(26)27-14-6-11-21(29-24(31)32-16-17-7-2-1-3-8-17)22(30)28-20-13-12-18-9-4-5-10-19(18)15-20/h1-5,7-10,12-13,15,21H,6,11,14,16H2,(H,28,30)(H,29,31)(H4,25,26,27)/t21-/m0/s1. The molecule has 3 rings (SSSR count). The number of guanidine groups is 1. The second kappa shape index (κ2) is 11.4. The number of alkyl carbamates (subject to hydrolysis) is 1. The minimum Gasteiger partial charge on any atom is -0.445 e. The fourth-order valence-electron chi connectivity index (χ4n) is 3.18. The largest absolute Gasteiger partial charge is 0.445 e. The Morgan fingerprint density at radius 2 is 1.66 bits per heavy atom. The number of aliphatic imine (C=N–C) groups is 1. The Bertz CT molecular complexity index is 1080. The van der Waals surface area contributed by atoms with Gasteiger partial charge in [-0.05, 0) is 41.3 Å². The molecular weight excluding hydrogens is 406 g/mol. The third kappa shape index (κ3) is 7.02. The van der Waals surface area contributed by atoms with Crippen LogP contribution < -0.4 is 22.1 Å². The van der Waals surface area contributed by atoms with Gasteiger partial charge < -0.3 is 26.8 Å². The third-order valence-electron chi connectivity index (χ3n) is 4.78. The number of hydrogen-bond donors (Lipinski definition) is 4. The summed E-state index contributed by atoms with van der Waals surface area (Å²) >= 11 is 0. The molecule has 0 aliphatic carbocycles. The van der Waals surface area contributed by atoms with Gasteiger partial charge in [-0.25, -0.2) is 4.79 Å². The summed E-state index contributed by atoms with van der Waals surface area (Å²) in [7, 11) is 0. The smallest absolute Gasteiger partial charge is 0.408 e. The zero-order valence-electron chi connectivity index (χ0n) is 17.7. The van der Waals surface area contributed by atoms with Crippen LogP contribution >= 0.6 is 0 Å². The first-order chi connectivity index (χ1) is 15.5. The molecule has 1 atom stereocenters. The lowest BCUT2D eigenvalue weighted by atomic mass is 10.1. The maximum absolute atomic E-state index is 12.9. The van der Waals surface area contributed by atoms with E-state index in [4.69, 9.17) is 16.2 Å². The molecule has 0 aliphatic rings. The average Bonchev–Trinajstić information content (AvgIpc) is 2.80. The number of fused-ring (bicyclic) bond motifs is 1. The highest BCUT2D eigenvalue weighted by Gasteiger charge is 2.21. The molecule has 0 bridgehead atoms. The number of nitrogens with two attached hydrogens (primary N) is 2. The van der Waals surface area contributed by atoms with Gasteiger partial charge in [0.2, 0.25) is 5.91 Å². The molecule has 3 aromatic rings. The lowest BCUT2D eigenvalue weighted by Gasteiger charge is -2.18. The summed E-state index contributed by atoms with van der Waals surface area (Å²) in [5, 5.41) is 7.59. The lowest BCUT2D eigenvalue weighted by molar-refractivity contribution is -0.118. The highest BCUT2D eigenvalue weighted by atomic mass is 16.5. The first-order valence-corrected chi connectivity index (χ1v) is 10.3. The molecule has 2 amide bonds. The normalized spacial score (nSPS) is 11.4. The first-order valence-electron chi connectivity index (χ1n) is 10.3. The summed E-state index contributed by atoms with van der Waals surface area (Å²) in [4.78, 5) is 29.2. The molecule has 0 aliphatic heterocycles. The highest BCUT2D eigenvalue weighted by Crippen LogP contribution is 2.19. The van der Waals surface area contributed by atoms with Crippen LogP contribution in [-0.2, 0) is 16.1 Å². The van der Waals surface area contributed by atoms with Crippen molar-refractivity contribution in [1.82, 2.24) is 5.32 Å². The molecule has 8 heteroatoms. The Kier molecular flexibility index (Phi) is 8.02. The van der Waals surface area contributed by atoms with Crippen molar-refractivity contribution < 1.29 is 14.3 Å². The monoisotopic (exact) mass is 433 g/mol. The molecule has 166 valence electrons. The number of hydrogen-bond acceptors (Lipinski definition) is 4. The molecule has 0 aromatic heterocycles. The van der Waals surface area contributed by atoms with Crippen LogP contribution in [0.3, 0.4) is 0 Å². The van der Waals surface area contributed by atoms with Gasteiger partial charge in [-0.2, -0.15) is 0 Å². The van der Waals surface area contributed by atoms with Gasteiger partial charge in [-0.3, -0.25) is 9.79 Å². The van der Waals surface area contributed by atoms with Crippen molar-refractivity contribution in [3.05, 3.63) is 78.4 Å². The molecule has 0 saturated heterocycles.